The van der Waals surface area contributed by atoms with Gasteiger partial charge in [-0.15, -0.1) is 24.8 Å². The summed E-state index contributed by atoms with van der Waals surface area (Å²) in [5.74, 6) is -4.63. The molecule has 2 fully saturated rings. The first kappa shape index (κ1) is 76.2. The molecule has 0 saturated carbocycles. The molecule has 0 unspecified atom stereocenters. The fourth-order valence-corrected chi connectivity index (χ4v) is 13.3. The highest BCUT2D eigenvalue weighted by Gasteiger charge is 2.56. The van der Waals surface area contributed by atoms with Gasteiger partial charge in [-0.3, -0.25) is 38.8 Å². The second-order valence-corrected chi connectivity index (χ2v) is 25.2. The maximum absolute atomic E-state index is 15.6. The summed E-state index contributed by atoms with van der Waals surface area (Å²) >= 11 is 0. The monoisotopic (exact) mass is 1400 g/mol. The summed E-state index contributed by atoms with van der Waals surface area (Å²) in [5.41, 5.74) is 33.0. The van der Waals surface area contributed by atoms with Crippen LogP contribution < -0.4 is 60.4 Å². The molecule has 27 nitrogen and oxygen atoms in total. The number of guanidine groups is 2. The number of ether oxygens (including phenoxy) is 4. The summed E-state index contributed by atoms with van der Waals surface area (Å²) in [5, 5.41) is 11.2. The molecule has 0 aliphatic carbocycles. The van der Waals surface area contributed by atoms with E-state index in [2.05, 4.69) is 31.3 Å². The number of aliphatic imine (C=N–C) groups is 2. The predicted molar refractivity (Wildman–Crippen MR) is 373 cm³/mol. The summed E-state index contributed by atoms with van der Waals surface area (Å²) in [6.07, 6.45) is 0.599. The van der Waals surface area contributed by atoms with Crippen molar-refractivity contribution in [3.8, 4) is 11.5 Å². The van der Waals surface area contributed by atoms with Crippen molar-refractivity contribution in [1.29, 1.82) is 0 Å². The number of carbonyl (C=O) groups excluding carboxylic acids is 9. The molecule has 5 aromatic carbocycles. The van der Waals surface area contributed by atoms with E-state index in [9.17, 15) is 33.6 Å². The maximum atomic E-state index is 15.6. The number of nitrogens with two attached hydrogens (primary N) is 6. The smallest absolute Gasteiger partial charge is 0.408 e. The van der Waals surface area contributed by atoms with E-state index >= 15 is 9.59 Å². The van der Waals surface area contributed by atoms with Crippen LogP contribution in [0.3, 0.4) is 0 Å². The Labute approximate surface area is 586 Å². The van der Waals surface area contributed by atoms with Crippen molar-refractivity contribution in [3.63, 3.8) is 0 Å². The Kier molecular flexibility index (Phi) is 25.7. The number of halogens is 2. The van der Waals surface area contributed by atoms with Crippen molar-refractivity contribution in [3.05, 3.63) is 166 Å². The van der Waals surface area contributed by atoms with Crippen LogP contribution in [0.1, 0.15) is 141 Å². The van der Waals surface area contributed by atoms with Crippen LogP contribution in [0.4, 0.5) is 9.59 Å². The zero-order chi connectivity index (χ0) is 69.8. The molecule has 5 aromatic rings. The minimum Gasteiger partial charge on any atom is -0.456 e. The van der Waals surface area contributed by atoms with E-state index in [0.717, 1.165) is 0 Å². The molecule has 29 heteroatoms. The Morgan fingerprint density at radius 1 is 0.566 bits per heavy atom. The van der Waals surface area contributed by atoms with Crippen molar-refractivity contribution in [2.75, 3.05) is 26.2 Å². The Hall–Kier alpha value is -10.2. The molecule has 0 radical (unpaired) electrons. The second kappa shape index (κ2) is 33.4. The molecule has 16 N–H and O–H groups in total. The quantitative estimate of drug-likeness (QED) is 0.0103. The van der Waals surface area contributed by atoms with Crippen LogP contribution in [0.2, 0.25) is 0 Å². The van der Waals surface area contributed by atoms with Crippen LogP contribution in [0.25, 0.3) is 0 Å². The number of fused-ring (bicyclic) bond motifs is 6. The highest BCUT2D eigenvalue weighted by atomic mass is 35.5. The summed E-state index contributed by atoms with van der Waals surface area (Å²) < 4.78 is 25.2. The Bertz CT molecular complexity index is 3630. The van der Waals surface area contributed by atoms with E-state index in [1.165, 1.54) is 9.80 Å². The number of benzene rings is 5. The molecule has 1 spiro atoms. The first-order valence-electron chi connectivity index (χ1n) is 32.6. The summed E-state index contributed by atoms with van der Waals surface area (Å²) in [6, 6.07) is 28.1. The molecule has 2 saturated heterocycles. The number of carbonyl (C=O) groups is 9. The van der Waals surface area contributed by atoms with E-state index in [0.29, 0.717) is 64.6 Å². The Morgan fingerprint density at radius 2 is 0.970 bits per heavy atom. The van der Waals surface area contributed by atoms with Gasteiger partial charge in [0.05, 0.1) is 5.56 Å². The molecule has 0 aromatic heterocycles. The van der Waals surface area contributed by atoms with Gasteiger partial charge in [0.15, 0.2) is 17.5 Å². The topological polar surface area (TPSA) is 426 Å². The number of nitrogens with one attached hydrogen (secondary N) is 4. The molecule has 9 rings (SSSR count). The van der Waals surface area contributed by atoms with Crippen LogP contribution >= 0.6 is 24.8 Å². The third-order valence-electron chi connectivity index (χ3n) is 19.1. The molecular formula is C70H88Cl2N14O13. The zero-order valence-corrected chi connectivity index (χ0v) is 57.3. The van der Waals surface area contributed by atoms with Crippen molar-refractivity contribution < 1.29 is 62.1 Å². The molecule has 8 amide bonds. The zero-order valence-electron chi connectivity index (χ0n) is 55.7. The summed E-state index contributed by atoms with van der Waals surface area (Å²) in [6.45, 7) is 7.55. The molecule has 8 atom stereocenters. The first-order valence-corrected chi connectivity index (χ1v) is 32.6. The highest BCUT2D eigenvalue weighted by molar-refractivity contribution is 5.98. The van der Waals surface area contributed by atoms with Gasteiger partial charge in [0.2, 0.25) is 35.4 Å². The minimum atomic E-state index is -1.66. The molecular weight excluding hydrogens is 1320 g/mol. The predicted octanol–water partition coefficient (Wildman–Crippen LogP) is 5.05. The normalized spacial score (nSPS) is 17.7. The maximum Gasteiger partial charge on any atom is 0.408 e. The van der Waals surface area contributed by atoms with Gasteiger partial charge >= 0.3 is 18.2 Å². The standard InChI is InChI=1S/C70H86N14O13.2ClH/c1-5-68(3,55(81-66(92)94-39-41-19-9-7-10-20-41)61(89)83-35-17-27-51(83)59(87)79-49(57(71)85)25-15-33-77-64(73)74)43-29-31-47-53(37-43)96-54-38-44(30-32-48(54)70(47)46-24-14-13-23-45(46)63(91)97-70)69(4,6-2)56(82-67(93)95-40-42-21-11-8-12-22-42)62(90)84-36-18-28-52(84)60(88)80-50(58(72)86)26-16-34-78-65(75)76;;/h7-14,19-24,29-32,37-38,49-52,55-56H,5-6,15-18,25-28,33-36,39-40H2,1-4H3,(H2,71,85)(H2,72,86)(H,79,87)(H,80,88)(H,81,92)(H,82,93)(H4,73,74,77)(H4,75,76,78);2*1H/t49-,50-,51-,52-,55+,56+,68-,69-;;/m0../s1. The van der Waals surface area contributed by atoms with Crippen molar-refractivity contribution in [1.82, 2.24) is 31.1 Å². The van der Waals surface area contributed by atoms with Crippen LogP contribution in [0, 0.1) is 0 Å². The number of rotatable bonds is 28. The van der Waals surface area contributed by atoms with E-state index < -0.39 is 106 Å². The van der Waals surface area contributed by atoms with Gasteiger partial charge in [-0.2, -0.15) is 0 Å². The Balaban J connectivity index is 0.00000689. The van der Waals surface area contributed by atoms with Gasteiger partial charge in [0, 0.05) is 53.7 Å². The lowest BCUT2D eigenvalue weighted by molar-refractivity contribution is -0.142. The Morgan fingerprint density at radius 3 is 1.36 bits per heavy atom. The van der Waals surface area contributed by atoms with Crippen LogP contribution in [-0.4, -0.2) is 138 Å². The van der Waals surface area contributed by atoms with E-state index in [4.69, 9.17) is 53.3 Å². The number of hydrogen-bond donors (Lipinski definition) is 10. The highest BCUT2D eigenvalue weighted by Crippen LogP contribution is 2.57. The first-order chi connectivity index (χ1) is 46.4. The van der Waals surface area contributed by atoms with Crippen molar-refractivity contribution >= 4 is 90.3 Å². The molecule has 4 heterocycles. The number of amides is 8. The van der Waals surface area contributed by atoms with Gasteiger partial charge in [0.1, 0.15) is 61.0 Å². The van der Waals surface area contributed by atoms with Gasteiger partial charge in [0.25, 0.3) is 0 Å². The average molecular weight is 1400 g/mol. The largest absolute Gasteiger partial charge is 0.456 e. The number of nitrogens with zero attached hydrogens (tertiary/aromatic N) is 4. The second-order valence-electron chi connectivity index (χ2n) is 25.2. The minimum absolute atomic E-state index is 0. The van der Waals surface area contributed by atoms with Crippen LogP contribution in [-0.2, 0) is 72.6 Å². The molecule has 99 heavy (non-hydrogen) atoms. The van der Waals surface area contributed by atoms with Crippen LogP contribution in [0.5, 0.6) is 11.5 Å². The summed E-state index contributed by atoms with van der Waals surface area (Å²) in [4.78, 5) is 139. The van der Waals surface area contributed by atoms with Crippen molar-refractivity contribution in [2.24, 2.45) is 44.4 Å². The SMILES string of the molecule is CC[C@@](C)(c1ccc2c(c1)Oc1cc([C@](C)(CC)[C@H](NC(=O)OCc3ccccc3)C(=O)N3CCC[C@H]3C(=O)N[C@@H](CCCN=C(N)N)C(N)=O)ccc1C21OC(=O)c2ccccc21)[C@H](NC(=O)OCc1ccccc1)C(=O)N1CCC[C@H]1C(=O)N[C@@H](CCCN=C(N)N)C(N)=O.Cl.Cl. The fraction of sp³-hybridized carbons (Fsp3) is 0.414. The molecule has 0 bridgehead atoms. The van der Waals surface area contributed by atoms with Gasteiger partial charge in [-0.05, 0) is 105 Å². The van der Waals surface area contributed by atoms with E-state index in [1.807, 2.05) is 26.0 Å². The lowest BCUT2D eigenvalue weighted by Gasteiger charge is -2.42. The molecule has 4 aliphatic rings. The third kappa shape index (κ3) is 16.9. The van der Waals surface area contributed by atoms with Gasteiger partial charge in [-0.1, -0.05) is 131 Å². The van der Waals surface area contributed by atoms with Crippen molar-refractivity contribution in [2.45, 2.75) is 158 Å². The lowest BCUT2D eigenvalue weighted by atomic mass is 9.70. The summed E-state index contributed by atoms with van der Waals surface area (Å²) in [7, 11) is 0. The number of esters is 1. The molecule has 4 aliphatic heterocycles. The van der Waals surface area contributed by atoms with Gasteiger partial charge < -0.3 is 84.4 Å². The fourth-order valence-electron chi connectivity index (χ4n) is 13.3. The van der Waals surface area contributed by atoms with E-state index in [1.54, 1.807) is 123 Å². The van der Waals surface area contributed by atoms with Crippen LogP contribution in [0.15, 0.2) is 131 Å². The number of likely N-dealkylation sites (tertiary alicyclic amines) is 2. The average Bonchev–Trinajstić information content (AvgIpc) is 1.62. The number of hydrogen-bond acceptors (Lipinski definition) is 15. The number of primary amides is 2. The van der Waals surface area contributed by atoms with E-state index in [-0.39, 0.29) is 132 Å². The third-order valence-corrected chi connectivity index (χ3v) is 19.1. The lowest BCUT2D eigenvalue weighted by Crippen LogP contribution is -2.61. The number of alkyl carbamates (subject to hydrolysis) is 2. The van der Waals surface area contributed by atoms with Gasteiger partial charge in [-0.25, -0.2) is 14.4 Å². The molecule has 530 valence electrons.